The highest BCUT2D eigenvalue weighted by Crippen LogP contribution is 2.16. The van der Waals surface area contributed by atoms with Crippen molar-refractivity contribution in [3.63, 3.8) is 0 Å². The minimum atomic E-state index is 0.205. The van der Waals surface area contributed by atoms with E-state index in [2.05, 4.69) is 22.0 Å². The van der Waals surface area contributed by atoms with Gasteiger partial charge < -0.3 is 14.5 Å². The number of pyridine rings is 1. The van der Waals surface area contributed by atoms with E-state index in [1.807, 2.05) is 30.1 Å². The number of nitrogens with zero attached hydrogens (tertiary/aromatic N) is 4. The Kier molecular flexibility index (Phi) is 6.26. The molecule has 3 rings (SSSR count). The van der Waals surface area contributed by atoms with Gasteiger partial charge in [-0.3, -0.25) is 9.69 Å². The second-order valence-corrected chi connectivity index (χ2v) is 7.27. The maximum Gasteiger partial charge on any atom is 0.236 e. The fourth-order valence-electron chi connectivity index (χ4n) is 3.54. The maximum absolute atomic E-state index is 12.3. The number of anilines is 1. The summed E-state index contributed by atoms with van der Waals surface area (Å²) in [6.07, 6.45) is 6.33. The number of likely N-dealkylation sites (tertiary alicyclic amines) is 1. The molecule has 0 bridgehead atoms. The summed E-state index contributed by atoms with van der Waals surface area (Å²) in [5.41, 5.74) is 1.28. The fourth-order valence-corrected chi connectivity index (χ4v) is 3.54. The lowest BCUT2D eigenvalue weighted by Crippen LogP contribution is -2.47. The van der Waals surface area contributed by atoms with Crippen LogP contribution in [0, 0.1) is 0 Å². The smallest absolute Gasteiger partial charge is 0.236 e. The average Bonchev–Trinajstić information content (AvgIpc) is 3.15. The Bertz CT molecular complexity index is 572. The normalized spacial score (nSPS) is 21.5. The number of hydrogen-bond donors (Lipinski definition) is 0. The van der Waals surface area contributed by atoms with Crippen LogP contribution < -0.4 is 4.90 Å². The first kappa shape index (κ1) is 18.1. The number of carbonyl (C=O) groups is 1. The molecule has 0 aliphatic carbocycles. The largest absolute Gasteiger partial charge is 0.376 e. The van der Waals surface area contributed by atoms with Crippen LogP contribution in [-0.4, -0.2) is 80.2 Å². The van der Waals surface area contributed by atoms with Crippen LogP contribution in [0.1, 0.15) is 24.8 Å². The van der Waals surface area contributed by atoms with Crippen molar-refractivity contribution in [2.24, 2.45) is 0 Å². The number of aryl methyl sites for hydroxylation is 1. The minimum absolute atomic E-state index is 0.205. The van der Waals surface area contributed by atoms with Gasteiger partial charge in [0.15, 0.2) is 0 Å². The Labute approximate surface area is 150 Å². The minimum Gasteiger partial charge on any atom is -0.376 e. The van der Waals surface area contributed by atoms with E-state index in [9.17, 15) is 4.79 Å². The Balaban J connectivity index is 1.46. The number of rotatable bonds is 6. The highest BCUT2D eigenvalue weighted by molar-refractivity contribution is 5.78. The van der Waals surface area contributed by atoms with Gasteiger partial charge in [0.2, 0.25) is 5.91 Å². The lowest BCUT2D eigenvalue weighted by molar-refractivity contribution is -0.133. The predicted octanol–water partition coefficient (Wildman–Crippen LogP) is 1.40. The summed E-state index contributed by atoms with van der Waals surface area (Å²) < 4.78 is 5.92. The van der Waals surface area contributed by atoms with Crippen molar-refractivity contribution in [2.45, 2.75) is 31.8 Å². The van der Waals surface area contributed by atoms with Crippen molar-refractivity contribution < 1.29 is 9.53 Å². The third-order valence-corrected chi connectivity index (χ3v) is 5.06. The Morgan fingerprint density at radius 3 is 2.88 bits per heavy atom. The fraction of sp³-hybridized carbons (Fsp3) is 0.684. The second kappa shape index (κ2) is 8.63. The molecule has 2 aliphatic rings. The number of aromatic nitrogens is 1. The van der Waals surface area contributed by atoms with E-state index in [0.29, 0.717) is 6.54 Å². The summed E-state index contributed by atoms with van der Waals surface area (Å²) in [5, 5.41) is 0. The Morgan fingerprint density at radius 2 is 2.12 bits per heavy atom. The van der Waals surface area contributed by atoms with E-state index in [4.69, 9.17) is 4.74 Å². The van der Waals surface area contributed by atoms with Gasteiger partial charge in [0, 0.05) is 46.5 Å². The maximum atomic E-state index is 12.3. The number of hydrogen-bond acceptors (Lipinski definition) is 5. The number of amides is 1. The number of ether oxygens (including phenoxy) is 1. The van der Waals surface area contributed by atoms with E-state index >= 15 is 0 Å². The summed E-state index contributed by atoms with van der Waals surface area (Å²) >= 11 is 0. The molecule has 6 heteroatoms. The molecule has 3 heterocycles. The number of carbonyl (C=O) groups excluding carboxylic acids is 1. The lowest BCUT2D eigenvalue weighted by atomic mass is 10.1. The second-order valence-electron chi connectivity index (χ2n) is 7.27. The predicted molar refractivity (Wildman–Crippen MR) is 98.9 cm³/mol. The first-order valence-corrected chi connectivity index (χ1v) is 9.36. The lowest BCUT2D eigenvalue weighted by Gasteiger charge is -2.33. The molecule has 1 aromatic rings. The Morgan fingerprint density at radius 1 is 1.32 bits per heavy atom. The molecule has 1 amide bonds. The molecule has 0 radical (unpaired) electrons. The summed E-state index contributed by atoms with van der Waals surface area (Å²) in [4.78, 5) is 23.0. The van der Waals surface area contributed by atoms with Gasteiger partial charge in [-0.15, -0.1) is 0 Å². The van der Waals surface area contributed by atoms with Crippen LogP contribution in [0.15, 0.2) is 18.3 Å². The van der Waals surface area contributed by atoms with E-state index < -0.39 is 0 Å². The van der Waals surface area contributed by atoms with Crippen LogP contribution >= 0.6 is 0 Å². The van der Waals surface area contributed by atoms with E-state index in [1.165, 1.54) is 5.56 Å². The van der Waals surface area contributed by atoms with Gasteiger partial charge >= 0.3 is 0 Å². The van der Waals surface area contributed by atoms with E-state index in [1.54, 1.807) is 0 Å². The molecule has 0 unspecified atom stereocenters. The van der Waals surface area contributed by atoms with Gasteiger partial charge in [0.05, 0.1) is 19.3 Å². The standard InChI is InChI=1S/C19H30N4O2/c1-21(2)18-13-16(7-8-20-18)5-6-17-14-22(11-12-25-17)15-19(24)23-9-3-4-10-23/h7-8,13,17H,3-6,9-12,14-15H2,1-2H3/t17-/m0/s1. The molecule has 0 aromatic carbocycles. The van der Waals surface area contributed by atoms with Crippen LogP contribution in [0.25, 0.3) is 0 Å². The first-order valence-electron chi connectivity index (χ1n) is 9.36. The van der Waals surface area contributed by atoms with Crippen molar-refractivity contribution >= 4 is 11.7 Å². The molecule has 6 nitrogen and oxygen atoms in total. The molecule has 0 spiro atoms. The third-order valence-electron chi connectivity index (χ3n) is 5.06. The summed E-state index contributed by atoms with van der Waals surface area (Å²) in [6, 6.07) is 4.21. The molecule has 138 valence electrons. The SMILES string of the molecule is CN(C)c1cc(CC[C@H]2CN(CC(=O)N3CCCC3)CCO2)ccn1. The monoisotopic (exact) mass is 346 g/mol. The average molecular weight is 346 g/mol. The molecular formula is C19H30N4O2. The molecule has 0 saturated carbocycles. The first-order chi connectivity index (χ1) is 12.1. The van der Waals surface area contributed by atoms with Crippen molar-refractivity contribution in [3.05, 3.63) is 23.9 Å². The van der Waals surface area contributed by atoms with Crippen LogP contribution in [0.2, 0.25) is 0 Å². The number of morpholine rings is 1. The van der Waals surface area contributed by atoms with Crippen LogP contribution in [-0.2, 0) is 16.0 Å². The molecule has 2 aliphatic heterocycles. The summed E-state index contributed by atoms with van der Waals surface area (Å²) in [5.74, 6) is 1.27. The molecule has 2 fully saturated rings. The molecule has 25 heavy (non-hydrogen) atoms. The molecule has 1 atom stereocenters. The van der Waals surface area contributed by atoms with E-state index in [0.717, 1.165) is 64.3 Å². The van der Waals surface area contributed by atoms with Crippen LogP contribution in [0.3, 0.4) is 0 Å². The van der Waals surface area contributed by atoms with Gasteiger partial charge in [0.1, 0.15) is 5.82 Å². The van der Waals surface area contributed by atoms with Crippen LogP contribution in [0.4, 0.5) is 5.82 Å². The van der Waals surface area contributed by atoms with Gasteiger partial charge in [0.25, 0.3) is 0 Å². The Hall–Kier alpha value is -1.66. The van der Waals surface area contributed by atoms with Crippen molar-refractivity contribution in [3.8, 4) is 0 Å². The van der Waals surface area contributed by atoms with Crippen molar-refractivity contribution in [1.82, 2.24) is 14.8 Å². The summed E-state index contributed by atoms with van der Waals surface area (Å²) in [6.45, 7) is 4.84. The van der Waals surface area contributed by atoms with Gasteiger partial charge in [-0.2, -0.15) is 0 Å². The zero-order valence-electron chi connectivity index (χ0n) is 15.5. The zero-order valence-corrected chi connectivity index (χ0v) is 15.5. The highest BCUT2D eigenvalue weighted by Gasteiger charge is 2.25. The van der Waals surface area contributed by atoms with E-state index in [-0.39, 0.29) is 12.0 Å². The molecule has 0 N–H and O–H groups in total. The quantitative estimate of drug-likeness (QED) is 0.779. The van der Waals surface area contributed by atoms with Crippen molar-refractivity contribution in [1.29, 1.82) is 0 Å². The molecule has 1 aromatic heterocycles. The summed E-state index contributed by atoms with van der Waals surface area (Å²) in [7, 11) is 4.01. The van der Waals surface area contributed by atoms with Gasteiger partial charge in [-0.05, 0) is 43.4 Å². The van der Waals surface area contributed by atoms with Crippen molar-refractivity contribution in [2.75, 3.05) is 58.3 Å². The highest BCUT2D eigenvalue weighted by atomic mass is 16.5. The zero-order chi connectivity index (χ0) is 17.6. The third kappa shape index (κ3) is 5.16. The molecule has 2 saturated heterocycles. The van der Waals surface area contributed by atoms with Gasteiger partial charge in [-0.1, -0.05) is 0 Å². The topological polar surface area (TPSA) is 48.9 Å². The molecular weight excluding hydrogens is 316 g/mol. The van der Waals surface area contributed by atoms with Gasteiger partial charge in [-0.25, -0.2) is 4.98 Å². The van der Waals surface area contributed by atoms with Crippen LogP contribution in [0.5, 0.6) is 0 Å².